The van der Waals surface area contributed by atoms with Crippen LogP contribution in [0.2, 0.25) is 0 Å². The number of nitrogens with one attached hydrogen (secondary N) is 9. The molecule has 0 bridgehead atoms. The molecule has 12 atom stereocenters. The van der Waals surface area contributed by atoms with Crippen LogP contribution < -0.4 is 48.3 Å². The SMILES string of the molecule is C[C@@H](O)C(=O)O[C@H](C)C(=O)N[C@H](Cc1ccccc1)C(=O)N[C@H]1CSSC[C@@H](C(=O)N[C@H](CO)[C@@H](C)O)NC(=O)[C@H]([C@@H](C)O)NC(=O)[C@H](CCCCN)NC(=O)[C@@H](Cc2c[nH]c3ccccc23)NC(=O)[C@H](Cc2ccccc2)NC1=O. The Hall–Kier alpha value is -7.07. The Balaban J connectivity index is 1.61. The summed E-state index contributed by atoms with van der Waals surface area (Å²) >= 11 is 0. The van der Waals surface area contributed by atoms with E-state index in [1.165, 1.54) is 20.8 Å². The maximum Gasteiger partial charge on any atom is 0.335 e. The van der Waals surface area contributed by atoms with Crippen molar-refractivity contribution >= 4 is 85.7 Å². The second-order valence-electron chi connectivity index (χ2n) is 19.7. The molecule has 0 spiro atoms. The van der Waals surface area contributed by atoms with Gasteiger partial charge in [-0.2, -0.15) is 0 Å². The molecule has 1 aliphatic rings. The first-order valence-electron chi connectivity index (χ1n) is 26.5. The van der Waals surface area contributed by atoms with Crippen LogP contribution in [0, 0.1) is 0 Å². The standard InChI is InChI=1S/C55H74N10O14S2/c1-30(67)43(27-66)62-53(76)45-29-81-80-28-44(63-50(73)40(23-34-15-7-5-8-16-34)59-47(70)33(4)79-55(78)32(3)69)52(75)60-41(24-35-17-9-6-10-18-35)49(72)61-42(25-36-26-57-38-20-12-11-19-37(36)38)51(74)58-39(21-13-14-22-56)48(71)65-46(31(2)68)54(77)64-45/h5-12,15-20,26,30-33,39-46,57,66-69H,13-14,21-25,27-29,56H2,1-4H3,(H,58,74)(H,59,70)(H,60,75)(H,61,72)(H,62,76)(H,63,73)(H,64,77)(H,65,71)/t30-,31-,32-,33-,39+,40-,41+,42-,43-,44+,45+,46+/m1/s1. The molecule has 26 heteroatoms. The van der Waals surface area contributed by atoms with Gasteiger partial charge in [-0.05, 0) is 76.3 Å². The van der Waals surface area contributed by atoms with Gasteiger partial charge in [-0.3, -0.25) is 38.4 Å². The second-order valence-corrected chi connectivity index (χ2v) is 22.2. The summed E-state index contributed by atoms with van der Waals surface area (Å²) in [6.45, 7) is 4.47. The second kappa shape index (κ2) is 32.4. The zero-order valence-electron chi connectivity index (χ0n) is 45.4. The Morgan fingerprint density at radius 1 is 0.679 bits per heavy atom. The lowest BCUT2D eigenvalue weighted by atomic mass is 10.0. The van der Waals surface area contributed by atoms with Gasteiger partial charge in [-0.1, -0.05) is 100 Å². The zero-order valence-corrected chi connectivity index (χ0v) is 47.1. The van der Waals surface area contributed by atoms with Gasteiger partial charge in [0.1, 0.15) is 48.4 Å². The number of rotatable bonds is 21. The number of benzene rings is 3. The molecule has 3 aromatic carbocycles. The highest BCUT2D eigenvalue weighted by Crippen LogP contribution is 2.25. The Morgan fingerprint density at radius 3 is 1.90 bits per heavy atom. The van der Waals surface area contributed by atoms with Crippen LogP contribution in [0.4, 0.5) is 0 Å². The number of amides is 8. The van der Waals surface area contributed by atoms with Crippen LogP contribution in [0.1, 0.15) is 63.6 Å². The summed E-state index contributed by atoms with van der Waals surface area (Å²) in [6, 6.07) is 12.7. The Bertz CT molecular complexity index is 2750. The normalized spacial score (nSPS) is 22.1. The van der Waals surface area contributed by atoms with Gasteiger partial charge in [0.15, 0.2) is 6.10 Å². The van der Waals surface area contributed by atoms with E-state index in [-0.39, 0.29) is 43.7 Å². The van der Waals surface area contributed by atoms with E-state index in [0.717, 1.165) is 39.4 Å². The minimum absolute atomic E-state index is 0.0113. The maximum atomic E-state index is 14.9. The Labute approximate surface area is 476 Å². The number of aromatic amines is 1. The van der Waals surface area contributed by atoms with Crippen molar-refractivity contribution in [3.8, 4) is 0 Å². The molecule has 24 nitrogen and oxygen atoms in total. The average molecular weight is 1160 g/mol. The summed E-state index contributed by atoms with van der Waals surface area (Å²) in [6.07, 6.45) is -3.90. The fourth-order valence-electron chi connectivity index (χ4n) is 8.43. The van der Waals surface area contributed by atoms with E-state index in [4.69, 9.17) is 10.5 Å². The maximum absolute atomic E-state index is 14.9. The highest BCUT2D eigenvalue weighted by molar-refractivity contribution is 8.76. The molecule has 15 N–H and O–H groups in total. The van der Waals surface area contributed by atoms with Crippen molar-refractivity contribution in [3.63, 3.8) is 0 Å². The van der Waals surface area contributed by atoms with E-state index in [1.54, 1.807) is 72.9 Å². The van der Waals surface area contributed by atoms with E-state index >= 15 is 0 Å². The van der Waals surface area contributed by atoms with Gasteiger partial charge in [0, 0.05) is 47.9 Å². The van der Waals surface area contributed by atoms with Crippen LogP contribution >= 0.6 is 21.6 Å². The van der Waals surface area contributed by atoms with Crippen LogP contribution in [0.15, 0.2) is 91.1 Å². The topological polar surface area (TPSA) is 382 Å². The third kappa shape index (κ3) is 20.2. The van der Waals surface area contributed by atoms with Crippen molar-refractivity contribution in [1.82, 2.24) is 47.5 Å². The number of aromatic nitrogens is 1. The number of nitrogens with two attached hydrogens (primary N) is 1. The minimum Gasteiger partial charge on any atom is -0.451 e. The fourth-order valence-corrected chi connectivity index (χ4v) is 10.8. The van der Waals surface area contributed by atoms with Gasteiger partial charge in [0.25, 0.3) is 5.91 Å². The summed E-state index contributed by atoms with van der Waals surface area (Å²) < 4.78 is 5.08. The molecule has 81 heavy (non-hydrogen) atoms. The molecule has 440 valence electrons. The van der Waals surface area contributed by atoms with E-state index in [1.807, 2.05) is 18.2 Å². The number of aliphatic hydroxyl groups excluding tert-OH is 4. The minimum atomic E-state index is -1.73. The van der Waals surface area contributed by atoms with E-state index in [9.17, 15) is 63.6 Å². The van der Waals surface area contributed by atoms with Crippen LogP contribution in [0.5, 0.6) is 0 Å². The first kappa shape index (κ1) is 64.7. The lowest BCUT2D eigenvalue weighted by Crippen LogP contribution is -2.62. The number of fused-ring (bicyclic) bond motifs is 1. The number of H-pyrrole nitrogens is 1. The third-order valence-corrected chi connectivity index (χ3v) is 15.6. The smallest absolute Gasteiger partial charge is 0.335 e. The quantitative estimate of drug-likeness (QED) is 0.0261. The summed E-state index contributed by atoms with van der Waals surface area (Å²) in [5.74, 6) is -8.94. The molecule has 0 aliphatic carbocycles. The van der Waals surface area contributed by atoms with Crippen molar-refractivity contribution in [1.29, 1.82) is 0 Å². The summed E-state index contributed by atoms with van der Waals surface area (Å²) in [7, 11) is 1.87. The Kier molecular flexibility index (Phi) is 25.9. The summed E-state index contributed by atoms with van der Waals surface area (Å²) in [5, 5.41) is 62.8. The van der Waals surface area contributed by atoms with Crippen LogP contribution in [-0.4, -0.2) is 176 Å². The molecule has 2 heterocycles. The number of hydrogen-bond acceptors (Lipinski definition) is 17. The van der Waals surface area contributed by atoms with Crippen molar-refractivity contribution in [3.05, 3.63) is 108 Å². The predicted octanol–water partition coefficient (Wildman–Crippen LogP) is -1.34. The van der Waals surface area contributed by atoms with E-state index in [0.29, 0.717) is 29.5 Å². The molecule has 0 unspecified atom stereocenters. The zero-order chi connectivity index (χ0) is 59.2. The lowest BCUT2D eigenvalue weighted by molar-refractivity contribution is -0.162. The molecule has 1 fully saturated rings. The molecule has 0 radical (unpaired) electrons. The van der Waals surface area contributed by atoms with Gasteiger partial charge in [-0.25, -0.2) is 4.79 Å². The number of aliphatic hydroxyl groups is 4. The van der Waals surface area contributed by atoms with Crippen molar-refractivity contribution < 1.29 is 68.3 Å². The fraction of sp³-hybridized carbons (Fsp3) is 0.473. The van der Waals surface area contributed by atoms with Crippen molar-refractivity contribution in [2.45, 2.75) is 139 Å². The molecule has 1 aliphatic heterocycles. The number of ether oxygens (including phenoxy) is 1. The van der Waals surface area contributed by atoms with Crippen LogP contribution in [-0.2, 0) is 67.2 Å². The number of unbranched alkanes of at least 4 members (excludes halogenated alkanes) is 1. The molecule has 8 amide bonds. The number of esters is 1. The number of hydrogen-bond donors (Lipinski definition) is 14. The third-order valence-electron chi connectivity index (χ3n) is 13.1. The van der Waals surface area contributed by atoms with Crippen LogP contribution in [0.25, 0.3) is 10.9 Å². The average Bonchev–Trinajstić information content (AvgIpc) is 4.07. The highest BCUT2D eigenvalue weighted by Gasteiger charge is 2.37. The highest BCUT2D eigenvalue weighted by atomic mass is 33.1. The largest absolute Gasteiger partial charge is 0.451 e. The van der Waals surface area contributed by atoms with Gasteiger partial charge in [0.05, 0.1) is 24.9 Å². The van der Waals surface area contributed by atoms with Crippen LogP contribution in [0.3, 0.4) is 0 Å². The molecule has 4 aromatic rings. The summed E-state index contributed by atoms with van der Waals surface area (Å²) in [5.41, 5.74) is 8.29. The molecule has 5 rings (SSSR count). The van der Waals surface area contributed by atoms with Gasteiger partial charge < -0.3 is 78.4 Å². The molecule has 1 saturated heterocycles. The number of para-hydroxylation sites is 1. The lowest BCUT2D eigenvalue weighted by Gasteiger charge is -2.29. The number of carbonyl (C=O) groups excluding carboxylic acids is 9. The molecule has 1 aromatic heterocycles. The molecular weight excluding hydrogens is 1090 g/mol. The molecule has 0 saturated carbocycles. The van der Waals surface area contributed by atoms with Crippen molar-refractivity contribution in [2.24, 2.45) is 5.73 Å². The van der Waals surface area contributed by atoms with Gasteiger partial charge >= 0.3 is 5.97 Å². The summed E-state index contributed by atoms with van der Waals surface area (Å²) in [4.78, 5) is 131. The first-order chi connectivity index (χ1) is 38.7. The number of carbonyl (C=O) groups is 9. The monoisotopic (exact) mass is 1160 g/mol. The van der Waals surface area contributed by atoms with E-state index < -0.39 is 133 Å². The van der Waals surface area contributed by atoms with Gasteiger partial charge in [-0.15, -0.1) is 0 Å². The first-order valence-corrected chi connectivity index (χ1v) is 29.0. The van der Waals surface area contributed by atoms with E-state index in [2.05, 4.69) is 47.5 Å². The Morgan fingerprint density at radius 2 is 1.27 bits per heavy atom. The molecular formula is C55H74N10O14S2. The van der Waals surface area contributed by atoms with Crippen molar-refractivity contribution in [2.75, 3.05) is 24.7 Å². The predicted molar refractivity (Wildman–Crippen MR) is 303 cm³/mol. The van der Waals surface area contributed by atoms with Gasteiger partial charge in [0.2, 0.25) is 41.4 Å².